The highest BCUT2D eigenvalue weighted by molar-refractivity contribution is 6.03. The molecule has 0 saturated carbocycles. The average Bonchev–Trinajstić information content (AvgIpc) is 2.53. The normalized spacial score (nSPS) is 12.4. The molecule has 0 rings (SSSR count). The van der Waals surface area contributed by atoms with E-state index in [4.69, 9.17) is 6.42 Å². The minimum Gasteiger partial charge on any atom is -0.280 e. The largest absolute Gasteiger partial charge is 0.280 e. The number of allylic oxidation sites excluding steroid dienone is 2. The lowest BCUT2D eigenvalue weighted by atomic mass is 9.96. The topological polar surface area (TPSA) is 17.1 Å². The van der Waals surface area contributed by atoms with Gasteiger partial charge in [0.05, 0.1) is 0 Å². The molecule has 0 heterocycles. The van der Waals surface area contributed by atoms with Crippen LogP contribution in [0.1, 0.15) is 97.3 Å². The van der Waals surface area contributed by atoms with Gasteiger partial charge >= 0.3 is 0 Å². The van der Waals surface area contributed by atoms with Gasteiger partial charge in [0.1, 0.15) is 0 Å². The molecule has 0 fully saturated rings. The number of hydrogen-bond donors (Lipinski definition) is 0. The van der Waals surface area contributed by atoms with E-state index in [1.165, 1.54) is 83.1 Å². The Labute approximate surface area is 139 Å². The second kappa shape index (κ2) is 16.3. The Bertz CT molecular complexity index is 321. The van der Waals surface area contributed by atoms with Crippen LogP contribution in [-0.2, 0) is 4.79 Å². The molecule has 0 amide bonds. The number of carbonyl (C=O) groups is 1. The van der Waals surface area contributed by atoms with Gasteiger partial charge in [-0.1, -0.05) is 90.6 Å². The fourth-order valence-electron chi connectivity index (χ4n) is 2.76. The average molecular weight is 305 g/mol. The summed E-state index contributed by atoms with van der Waals surface area (Å²) in [4.78, 5) is 10.8. The summed E-state index contributed by atoms with van der Waals surface area (Å²) in [6, 6.07) is 0. The van der Waals surface area contributed by atoms with Gasteiger partial charge in [-0.05, 0) is 30.8 Å². The minimum atomic E-state index is -0.219. The predicted molar refractivity (Wildman–Crippen MR) is 97.8 cm³/mol. The Morgan fingerprint density at radius 3 is 2.09 bits per heavy atom. The van der Waals surface area contributed by atoms with Gasteiger partial charge in [0.25, 0.3) is 0 Å². The van der Waals surface area contributed by atoms with Gasteiger partial charge in [0, 0.05) is 0 Å². The fraction of sp³-hybridized carbons (Fsp3) is 0.762. The first kappa shape index (κ1) is 21.0. The summed E-state index contributed by atoms with van der Waals surface area (Å²) in [5, 5.41) is 0. The van der Waals surface area contributed by atoms with Crippen molar-refractivity contribution in [3.05, 3.63) is 12.2 Å². The van der Waals surface area contributed by atoms with Crippen LogP contribution in [0.4, 0.5) is 0 Å². The Morgan fingerprint density at radius 2 is 1.50 bits per heavy atom. The Kier molecular flexibility index (Phi) is 15.6. The smallest absolute Gasteiger partial charge is 0.228 e. The van der Waals surface area contributed by atoms with E-state index >= 15 is 0 Å². The predicted octanol–water partition coefficient (Wildman–Crippen LogP) is 6.47. The maximum Gasteiger partial charge on any atom is 0.228 e. The maximum atomic E-state index is 10.8. The lowest BCUT2D eigenvalue weighted by Crippen LogP contribution is -1.95. The lowest BCUT2D eigenvalue weighted by Gasteiger charge is -2.10. The molecule has 0 bridgehead atoms. The quantitative estimate of drug-likeness (QED) is 0.147. The molecule has 0 aliphatic heterocycles. The first-order valence-corrected chi connectivity index (χ1v) is 9.37. The first-order chi connectivity index (χ1) is 10.7. The van der Waals surface area contributed by atoms with Crippen LogP contribution < -0.4 is 0 Å². The van der Waals surface area contributed by atoms with Crippen LogP contribution in [0.2, 0.25) is 0 Å². The van der Waals surface area contributed by atoms with E-state index in [2.05, 4.69) is 19.8 Å². The number of carbonyl (C=O) groups excluding carboxylic acids is 1. The third-order valence-electron chi connectivity index (χ3n) is 4.28. The molecule has 0 saturated heterocycles. The molecule has 0 aliphatic carbocycles. The number of unbranched alkanes of at least 4 members (excludes halogenated alkanes) is 9. The highest BCUT2D eigenvalue weighted by atomic mass is 16.1. The monoisotopic (exact) mass is 304 g/mol. The van der Waals surface area contributed by atoms with Crippen molar-refractivity contribution in [1.29, 1.82) is 0 Å². The third kappa shape index (κ3) is 15.4. The molecule has 0 aliphatic rings. The molecule has 1 heteroatoms. The van der Waals surface area contributed by atoms with Gasteiger partial charge in [0.15, 0.2) is 0 Å². The third-order valence-corrected chi connectivity index (χ3v) is 4.28. The summed E-state index contributed by atoms with van der Waals surface area (Å²) in [5.41, 5.74) is 0. The van der Waals surface area contributed by atoms with Gasteiger partial charge < -0.3 is 0 Å². The molecule has 0 aromatic carbocycles. The Hall–Kier alpha value is -1.03. The van der Waals surface area contributed by atoms with Crippen molar-refractivity contribution in [2.24, 2.45) is 5.92 Å². The van der Waals surface area contributed by atoms with Crippen LogP contribution in [0.3, 0.4) is 0 Å². The van der Waals surface area contributed by atoms with Crippen LogP contribution in [0.25, 0.3) is 0 Å². The standard InChI is InChI=1S/C21H36O/c1-4-6-7-14-17-20(3)18-15-12-10-8-9-11-13-16-19-21(22)5-2/h2,16,19-20H,4,6-15,17-18H2,1,3H3/b19-16+. The van der Waals surface area contributed by atoms with Gasteiger partial charge in [-0.3, -0.25) is 4.79 Å². The van der Waals surface area contributed by atoms with Crippen molar-refractivity contribution < 1.29 is 4.79 Å². The first-order valence-electron chi connectivity index (χ1n) is 9.37. The number of ketones is 1. The molecular formula is C21H36O. The van der Waals surface area contributed by atoms with E-state index in [1.54, 1.807) is 0 Å². The zero-order valence-corrected chi connectivity index (χ0v) is 14.9. The summed E-state index contributed by atoms with van der Waals surface area (Å²) in [6.45, 7) is 4.69. The van der Waals surface area contributed by atoms with Gasteiger partial charge in [-0.25, -0.2) is 0 Å². The molecule has 0 N–H and O–H groups in total. The highest BCUT2D eigenvalue weighted by Gasteiger charge is 2.01. The number of terminal acetylenes is 1. The highest BCUT2D eigenvalue weighted by Crippen LogP contribution is 2.18. The van der Waals surface area contributed by atoms with E-state index in [0.29, 0.717) is 0 Å². The molecule has 1 nitrogen and oxygen atoms in total. The lowest BCUT2D eigenvalue weighted by molar-refractivity contribution is -0.109. The molecule has 1 atom stereocenters. The van der Waals surface area contributed by atoms with Crippen molar-refractivity contribution in [3.8, 4) is 12.3 Å². The summed E-state index contributed by atoms with van der Waals surface area (Å²) in [5.74, 6) is 2.79. The molecule has 0 spiro atoms. The van der Waals surface area contributed by atoms with Crippen LogP contribution in [-0.4, -0.2) is 5.78 Å². The molecular weight excluding hydrogens is 268 g/mol. The van der Waals surface area contributed by atoms with Gasteiger partial charge in [-0.15, -0.1) is 6.42 Å². The zero-order valence-electron chi connectivity index (χ0n) is 14.9. The Morgan fingerprint density at radius 1 is 0.955 bits per heavy atom. The minimum absolute atomic E-state index is 0.219. The second-order valence-electron chi connectivity index (χ2n) is 6.56. The van der Waals surface area contributed by atoms with E-state index in [9.17, 15) is 4.79 Å². The van der Waals surface area contributed by atoms with Crippen molar-refractivity contribution in [2.45, 2.75) is 97.3 Å². The molecule has 22 heavy (non-hydrogen) atoms. The van der Waals surface area contributed by atoms with Gasteiger partial charge in [-0.2, -0.15) is 0 Å². The van der Waals surface area contributed by atoms with Crippen LogP contribution in [0.5, 0.6) is 0 Å². The second-order valence-corrected chi connectivity index (χ2v) is 6.56. The van der Waals surface area contributed by atoms with E-state index in [-0.39, 0.29) is 5.78 Å². The van der Waals surface area contributed by atoms with Crippen molar-refractivity contribution >= 4 is 5.78 Å². The van der Waals surface area contributed by atoms with Crippen molar-refractivity contribution in [2.75, 3.05) is 0 Å². The summed E-state index contributed by atoms with van der Waals surface area (Å²) in [7, 11) is 0. The van der Waals surface area contributed by atoms with E-state index in [0.717, 1.165) is 12.3 Å². The maximum absolute atomic E-state index is 10.8. The summed E-state index contributed by atoms with van der Waals surface area (Å²) in [6.07, 6.45) is 25.7. The van der Waals surface area contributed by atoms with Crippen molar-refractivity contribution in [3.63, 3.8) is 0 Å². The van der Waals surface area contributed by atoms with Crippen molar-refractivity contribution in [1.82, 2.24) is 0 Å². The zero-order chi connectivity index (χ0) is 16.5. The van der Waals surface area contributed by atoms with E-state index in [1.807, 2.05) is 6.08 Å². The molecule has 1 unspecified atom stereocenters. The molecule has 0 aromatic heterocycles. The fourth-order valence-corrected chi connectivity index (χ4v) is 2.76. The van der Waals surface area contributed by atoms with Crippen LogP contribution in [0.15, 0.2) is 12.2 Å². The molecule has 0 radical (unpaired) electrons. The Balaban J connectivity index is 3.24. The SMILES string of the molecule is C#CC(=O)/C=C/CCCCCCCCC(C)CCCCCC. The molecule has 0 aromatic rings. The number of rotatable bonds is 15. The summed E-state index contributed by atoms with van der Waals surface area (Å²) < 4.78 is 0. The van der Waals surface area contributed by atoms with Crippen LogP contribution >= 0.6 is 0 Å². The van der Waals surface area contributed by atoms with Gasteiger partial charge in [0.2, 0.25) is 5.78 Å². The van der Waals surface area contributed by atoms with E-state index < -0.39 is 0 Å². The van der Waals surface area contributed by atoms with Crippen LogP contribution in [0, 0.1) is 18.3 Å². The molecule has 126 valence electrons. The summed E-state index contributed by atoms with van der Waals surface area (Å²) >= 11 is 0. The number of hydrogen-bond acceptors (Lipinski definition) is 1.